The molecule has 0 radical (unpaired) electrons. The number of aliphatic hydroxyl groups excluding tert-OH is 1. The molecule has 144 valence electrons. The second kappa shape index (κ2) is 8.72. The third-order valence-electron chi connectivity index (χ3n) is 3.51. The van der Waals surface area contributed by atoms with Crippen molar-refractivity contribution in [3.05, 3.63) is 11.9 Å². The van der Waals surface area contributed by atoms with E-state index in [-0.39, 0.29) is 19.6 Å². The zero-order valence-electron chi connectivity index (χ0n) is 14.7. The van der Waals surface area contributed by atoms with E-state index in [1.165, 1.54) is 31.6 Å². The first-order valence-electron chi connectivity index (χ1n) is 7.96. The first-order chi connectivity index (χ1) is 12.3. The molecule has 1 aliphatic rings. The standard InChI is InChI=1S/C15H21N3O8/c1-8(20)24-12-7-23-15(18-6-11(4-5-19)16-17-18)14(26-10(3)22)13(12)25-9(2)21/h6,12-15,19H,4-5,7H2,1-3H3/t12-,13+,14-,15-/m1/s1. The molecule has 0 unspecified atom stereocenters. The number of carbonyl (C=O) groups is 3. The molecule has 1 saturated heterocycles. The van der Waals surface area contributed by atoms with Gasteiger partial charge in [0.1, 0.15) is 0 Å². The van der Waals surface area contributed by atoms with E-state index >= 15 is 0 Å². The zero-order valence-corrected chi connectivity index (χ0v) is 14.7. The first-order valence-corrected chi connectivity index (χ1v) is 7.96. The number of ether oxygens (including phenoxy) is 4. The Balaban J connectivity index is 2.32. The van der Waals surface area contributed by atoms with Crippen molar-refractivity contribution in [2.24, 2.45) is 0 Å². The van der Waals surface area contributed by atoms with Gasteiger partial charge in [-0.1, -0.05) is 5.21 Å². The Morgan fingerprint density at radius 1 is 1.15 bits per heavy atom. The van der Waals surface area contributed by atoms with E-state index in [1.807, 2.05) is 0 Å². The topological polar surface area (TPSA) is 139 Å². The molecule has 2 rings (SSSR count). The molecule has 1 aromatic heterocycles. The Morgan fingerprint density at radius 2 is 1.77 bits per heavy atom. The van der Waals surface area contributed by atoms with Gasteiger partial charge in [-0.05, 0) is 0 Å². The average molecular weight is 371 g/mol. The molecule has 0 spiro atoms. The lowest BCUT2D eigenvalue weighted by Crippen LogP contribution is -2.55. The first kappa shape index (κ1) is 19.8. The summed E-state index contributed by atoms with van der Waals surface area (Å²) in [7, 11) is 0. The van der Waals surface area contributed by atoms with Gasteiger partial charge in [-0.3, -0.25) is 14.4 Å². The summed E-state index contributed by atoms with van der Waals surface area (Å²) in [4.78, 5) is 34.4. The third-order valence-corrected chi connectivity index (χ3v) is 3.51. The normalized spacial score (nSPS) is 25.4. The molecule has 1 aliphatic heterocycles. The van der Waals surface area contributed by atoms with Gasteiger partial charge >= 0.3 is 17.9 Å². The molecule has 0 aromatic carbocycles. The van der Waals surface area contributed by atoms with E-state index in [0.29, 0.717) is 5.69 Å². The van der Waals surface area contributed by atoms with Crippen LogP contribution < -0.4 is 0 Å². The van der Waals surface area contributed by atoms with E-state index in [0.717, 1.165) is 0 Å². The van der Waals surface area contributed by atoms with Gasteiger partial charge in [-0.25, -0.2) is 4.68 Å². The van der Waals surface area contributed by atoms with Crippen LogP contribution in [0.15, 0.2) is 6.20 Å². The van der Waals surface area contributed by atoms with Crippen molar-refractivity contribution in [1.29, 1.82) is 0 Å². The summed E-state index contributed by atoms with van der Waals surface area (Å²) in [6.07, 6.45) is -2.28. The Kier molecular flexibility index (Phi) is 6.64. The maximum atomic E-state index is 11.6. The van der Waals surface area contributed by atoms with Crippen LogP contribution in [0.1, 0.15) is 32.7 Å². The minimum Gasteiger partial charge on any atom is -0.456 e. The SMILES string of the molecule is CC(=O)O[C@@H]1[C@@H](OC(C)=O)[C@H](OC(C)=O)CO[C@H]1n1cc(CCO)nn1. The minimum absolute atomic E-state index is 0.102. The van der Waals surface area contributed by atoms with Gasteiger partial charge in [0.05, 0.1) is 18.5 Å². The Labute approximate surface area is 149 Å². The molecule has 2 heterocycles. The highest BCUT2D eigenvalue weighted by Crippen LogP contribution is 2.30. The fourth-order valence-corrected chi connectivity index (χ4v) is 2.62. The molecule has 1 N–H and O–H groups in total. The van der Waals surface area contributed by atoms with Crippen LogP contribution >= 0.6 is 0 Å². The van der Waals surface area contributed by atoms with Crippen molar-refractivity contribution in [3.8, 4) is 0 Å². The molecule has 0 amide bonds. The van der Waals surface area contributed by atoms with Gasteiger partial charge < -0.3 is 24.1 Å². The molecule has 0 saturated carbocycles. The maximum Gasteiger partial charge on any atom is 0.303 e. The predicted octanol–water partition coefficient (Wildman–Crippen LogP) is -0.863. The van der Waals surface area contributed by atoms with Crippen molar-refractivity contribution >= 4 is 17.9 Å². The average Bonchev–Trinajstić information content (AvgIpc) is 2.98. The number of rotatable bonds is 6. The Hall–Kier alpha value is -2.53. The summed E-state index contributed by atoms with van der Waals surface area (Å²) in [6.45, 7) is 3.37. The summed E-state index contributed by atoms with van der Waals surface area (Å²) < 4.78 is 22.6. The van der Waals surface area contributed by atoms with Gasteiger partial charge in [0, 0.05) is 33.8 Å². The van der Waals surface area contributed by atoms with Crippen LogP contribution in [-0.4, -0.2) is 69.5 Å². The van der Waals surface area contributed by atoms with E-state index in [2.05, 4.69) is 10.3 Å². The summed E-state index contributed by atoms with van der Waals surface area (Å²) in [5.74, 6) is -1.87. The highest BCUT2D eigenvalue weighted by Gasteiger charge is 2.48. The minimum atomic E-state index is -1.11. The highest BCUT2D eigenvalue weighted by atomic mass is 16.6. The van der Waals surface area contributed by atoms with Crippen molar-refractivity contribution in [1.82, 2.24) is 15.0 Å². The summed E-state index contributed by atoms with van der Waals surface area (Å²) in [5, 5.41) is 16.8. The van der Waals surface area contributed by atoms with Gasteiger partial charge in [-0.2, -0.15) is 0 Å². The number of hydrogen-bond acceptors (Lipinski definition) is 10. The number of esters is 3. The molecular formula is C15H21N3O8. The number of aromatic nitrogens is 3. The van der Waals surface area contributed by atoms with Crippen molar-refractivity contribution in [2.75, 3.05) is 13.2 Å². The van der Waals surface area contributed by atoms with Crippen molar-refractivity contribution < 1.29 is 38.4 Å². The molecule has 1 fully saturated rings. The van der Waals surface area contributed by atoms with Gasteiger partial charge in [0.25, 0.3) is 0 Å². The van der Waals surface area contributed by atoms with Gasteiger partial charge in [0.15, 0.2) is 24.5 Å². The molecule has 11 nitrogen and oxygen atoms in total. The second-order valence-electron chi connectivity index (χ2n) is 5.68. The highest BCUT2D eigenvalue weighted by molar-refractivity contribution is 5.68. The Bertz CT molecular complexity index is 661. The maximum absolute atomic E-state index is 11.6. The van der Waals surface area contributed by atoms with Crippen molar-refractivity contribution in [2.45, 2.75) is 51.7 Å². The van der Waals surface area contributed by atoms with Crippen LogP contribution in [0, 0.1) is 0 Å². The fourth-order valence-electron chi connectivity index (χ4n) is 2.62. The van der Waals surface area contributed by atoms with E-state index in [4.69, 9.17) is 24.1 Å². The second-order valence-corrected chi connectivity index (χ2v) is 5.68. The predicted molar refractivity (Wildman–Crippen MR) is 82.5 cm³/mol. The van der Waals surface area contributed by atoms with Gasteiger partial charge in [0.2, 0.25) is 0 Å². The van der Waals surface area contributed by atoms with E-state index in [1.54, 1.807) is 0 Å². The third kappa shape index (κ3) is 4.99. The molecule has 11 heteroatoms. The summed E-state index contributed by atoms with van der Waals surface area (Å²) in [6, 6.07) is 0. The number of aliphatic hydroxyl groups is 1. The zero-order chi connectivity index (χ0) is 19.3. The molecule has 1 aromatic rings. The number of hydrogen-bond donors (Lipinski definition) is 1. The van der Waals surface area contributed by atoms with Crippen LogP contribution in [0.5, 0.6) is 0 Å². The molecule has 26 heavy (non-hydrogen) atoms. The molecule has 0 bridgehead atoms. The summed E-state index contributed by atoms with van der Waals surface area (Å²) >= 11 is 0. The van der Waals surface area contributed by atoms with Crippen LogP contribution in [0.2, 0.25) is 0 Å². The molecule has 4 atom stereocenters. The number of carbonyl (C=O) groups excluding carboxylic acids is 3. The van der Waals surface area contributed by atoms with E-state index < -0.39 is 42.4 Å². The van der Waals surface area contributed by atoms with Crippen LogP contribution in [0.25, 0.3) is 0 Å². The van der Waals surface area contributed by atoms with Gasteiger partial charge in [-0.15, -0.1) is 5.10 Å². The van der Waals surface area contributed by atoms with E-state index in [9.17, 15) is 14.4 Å². The molecular weight excluding hydrogens is 350 g/mol. The largest absolute Gasteiger partial charge is 0.456 e. The lowest BCUT2D eigenvalue weighted by atomic mass is 10.0. The fraction of sp³-hybridized carbons (Fsp3) is 0.667. The lowest BCUT2D eigenvalue weighted by Gasteiger charge is -2.40. The van der Waals surface area contributed by atoms with Crippen LogP contribution in [0.3, 0.4) is 0 Å². The van der Waals surface area contributed by atoms with Crippen LogP contribution in [-0.2, 0) is 39.8 Å². The number of nitrogens with zero attached hydrogens (tertiary/aromatic N) is 3. The quantitative estimate of drug-likeness (QED) is 0.496. The molecule has 0 aliphatic carbocycles. The van der Waals surface area contributed by atoms with Crippen molar-refractivity contribution in [3.63, 3.8) is 0 Å². The summed E-state index contributed by atoms with van der Waals surface area (Å²) in [5.41, 5.74) is 0.504. The smallest absolute Gasteiger partial charge is 0.303 e. The monoisotopic (exact) mass is 371 g/mol. The Morgan fingerprint density at radius 3 is 2.35 bits per heavy atom. The van der Waals surface area contributed by atoms with Crippen LogP contribution in [0.4, 0.5) is 0 Å². The lowest BCUT2D eigenvalue weighted by molar-refractivity contribution is -0.241.